The third kappa shape index (κ3) is 5.81. The SMILES string of the molecule is NCCC(CCCC(CCN)c1ccccc1)c1ccccc1. The second-order valence-corrected chi connectivity index (χ2v) is 6.30. The largest absolute Gasteiger partial charge is 0.330 e. The average Bonchev–Trinajstić information content (AvgIpc) is 2.61. The molecule has 0 saturated carbocycles. The van der Waals surface area contributed by atoms with Crippen LogP contribution in [0.4, 0.5) is 0 Å². The first kappa shape index (κ1) is 17.7. The normalized spacial score (nSPS) is 13.7. The summed E-state index contributed by atoms with van der Waals surface area (Å²) >= 11 is 0. The van der Waals surface area contributed by atoms with Crippen LogP contribution in [0.2, 0.25) is 0 Å². The van der Waals surface area contributed by atoms with Crippen LogP contribution in [0.1, 0.15) is 55.1 Å². The van der Waals surface area contributed by atoms with Gasteiger partial charge in [-0.15, -0.1) is 0 Å². The summed E-state index contributed by atoms with van der Waals surface area (Å²) in [4.78, 5) is 0. The molecular weight excluding hydrogens is 280 g/mol. The third-order valence-corrected chi connectivity index (χ3v) is 4.68. The molecule has 0 aliphatic carbocycles. The van der Waals surface area contributed by atoms with Gasteiger partial charge in [0.25, 0.3) is 0 Å². The van der Waals surface area contributed by atoms with Gasteiger partial charge in [0.1, 0.15) is 0 Å². The van der Waals surface area contributed by atoms with E-state index in [0.29, 0.717) is 11.8 Å². The van der Waals surface area contributed by atoms with Gasteiger partial charge in [-0.2, -0.15) is 0 Å². The van der Waals surface area contributed by atoms with Crippen molar-refractivity contribution in [2.45, 2.75) is 43.9 Å². The van der Waals surface area contributed by atoms with Crippen molar-refractivity contribution in [2.75, 3.05) is 13.1 Å². The zero-order valence-electron chi connectivity index (χ0n) is 14.0. The number of rotatable bonds is 10. The minimum Gasteiger partial charge on any atom is -0.330 e. The maximum Gasteiger partial charge on any atom is -0.00714 e. The zero-order chi connectivity index (χ0) is 16.3. The molecule has 0 aromatic heterocycles. The summed E-state index contributed by atoms with van der Waals surface area (Å²) in [5.41, 5.74) is 14.5. The summed E-state index contributed by atoms with van der Waals surface area (Å²) in [5, 5.41) is 0. The minimum atomic E-state index is 0.579. The molecule has 0 aliphatic heterocycles. The highest BCUT2D eigenvalue weighted by molar-refractivity contribution is 5.20. The van der Waals surface area contributed by atoms with Crippen LogP contribution in [0, 0.1) is 0 Å². The van der Waals surface area contributed by atoms with Gasteiger partial charge >= 0.3 is 0 Å². The smallest absolute Gasteiger partial charge is 0.00714 e. The van der Waals surface area contributed by atoms with Gasteiger partial charge in [0.15, 0.2) is 0 Å². The molecule has 2 aromatic rings. The Bertz CT molecular complexity index is 475. The Morgan fingerprint density at radius 3 is 1.30 bits per heavy atom. The van der Waals surface area contributed by atoms with Crippen LogP contribution in [-0.4, -0.2) is 13.1 Å². The predicted molar refractivity (Wildman–Crippen MR) is 99.6 cm³/mol. The van der Waals surface area contributed by atoms with Gasteiger partial charge in [0.05, 0.1) is 0 Å². The Kier molecular flexibility index (Phi) is 7.85. The lowest BCUT2D eigenvalue weighted by Crippen LogP contribution is -2.10. The minimum absolute atomic E-state index is 0.579. The number of hydrogen-bond donors (Lipinski definition) is 2. The van der Waals surface area contributed by atoms with E-state index in [1.807, 2.05) is 0 Å². The van der Waals surface area contributed by atoms with Crippen molar-refractivity contribution < 1.29 is 0 Å². The maximum atomic E-state index is 5.82. The molecule has 2 nitrogen and oxygen atoms in total. The molecule has 2 unspecified atom stereocenters. The van der Waals surface area contributed by atoms with E-state index < -0.39 is 0 Å². The number of benzene rings is 2. The first-order chi connectivity index (χ1) is 11.3. The van der Waals surface area contributed by atoms with Crippen LogP contribution in [0.5, 0.6) is 0 Å². The molecule has 0 radical (unpaired) electrons. The zero-order valence-corrected chi connectivity index (χ0v) is 14.0. The van der Waals surface area contributed by atoms with E-state index in [-0.39, 0.29) is 0 Å². The Labute approximate surface area is 140 Å². The van der Waals surface area contributed by atoms with Crippen molar-refractivity contribution in [3.63, 3.8) is 0 Å². The summed E-state index contributed by atoms with van der Waals surface area (Å²) in [6, 6.07) is 21.6. The van der Waals surface area contributed by atoms with Crippen molar-refractivity contribution >= 4 is 0 Å². The standard InChI is InChI=1S/C21H30N2/c22-16-14-20(18-8-3-1-4-9-18)12-7-13-21(15-17-23)19-10-5-2-6-11-19/h1-6,8-11,20-21H,7,12-17,22-23H2. The van der Waals surface area contributed by atoms with Crippen LogP contribution >= 0.6 is 0 Å². The highest BCUT2D eigenvalue weighted by Gasteiger charge is 2.14. The van der Waals surface area contributed by atoms with Crippen LogP contribution < -0.4 is 11.5 Å². The molecule has 2 atom stereocenters. The molecule has 2 heteroatoms. The van der Waals surface area contributed by atoms with Gasteiger partial charge in [-0.25, -0.2) is 0 Å². The molecule has 4 N–H and O–H groups in total. The lowest BCUT2D eigenvalue weighted by atomic mass is 9.86. The van der Waals surface area contributed by atoms with Gasteiger partial charge in [-0.1, -0.05) is 67.1 Å². The van der Waals surface area contributed by atoms with Crippen molar-refractivity contribution in [3.05, 3.63) is 71.8 Å². The first-order valence-electron chi connectivity index (χ1n) is 8.85. The highest BCUT2D eigenvalue weighted by Crippen LogP contribution is 2.30. The van der Waals surface area contributed by atoms with Gasteiger partial charge in [-0.05, 0) is 61.7 Å². The molecular formula is C21H30N2. The summed E-state index contributed by atoms with van der Waals surface area (Å²) in [5.74, 6) is 1.16. The summed E-state index contributed by atoms with van der Waals surface area (Å²) < 4.78 is 0. The molecule has 2 aromatic carbocycles. The maximum absolute atomic E-state index is 5.82. The summed E-state index contributed by atoms with van der Waals surface area (Å²) in [6.45, 7) is 1.51. The highest BCUT2D eigenvalue weighted by atomic mass is 14.5. The molecule has 0 aliphatic rings. The fourth-order valence-corrected chi connectivity index (χ4v) is 3.42. The van der Waals surface area contributed by atoms with E-state index >= 15 is 0 Å². The van der Waals surface area contributed by atoms with E-state index in [2.05, 4.69) is 60.7 Å². The second kappa shape index (κ2) is 10.2. The quantitative estimate of drug-likeness (QED) is 0.682. The Morgan fingerprint density at radius 2 is 0.957 bits per heavy atom. The Morgan fingerprint density at radius 1 is 0.565 bits per heavy atom. The van der Waals surface area contributed by atoms with Gasteiger partial charge < -0.3 is 11.5 Å². The van der Waals surface area contributed by atoms with Crippen molar-refractivity contribution in [3.8, 4) is 0 Å². The molecule has 0 fully saturated rings. The second-order valence-electron chi connectivity index (χ2n) is 6.30. The van der Waals surface area contributed by atoms with Crippen molar-refractivity contribution in [1.82, 2.24) is 0 Å². The molecule has 0 amide bonds. The predicted octanol–water partition coefficient (Wildman–Crippen LogP) is 4.42. The van der Waals surface area contributed by atoms with Crippen LogP contribution in [-0.2, 0) is 0 Å². The lowest BCUT2D eigenvalue weighted by Gasteiger charge is -2.20. The van der Waals surface area contributed by atoms with E-state index in [1.165, 1.54) is 30.4 Å². The van der Waals surface area contributed by atoms with Gasteiger partial charge in [0.2, 0.25) is 0 Å². The van der Waals surface area contributed by atoms with E-state index in [1.54, 1.807) is 0 Å². The van der Waals surface area contributed by atoms with E-state index in [0.717, 1.165) is 25.9 Å². The number of nitrogens with two attached hydrogens (primary N) is 2. The number of hydrogen-bond acceptors (Lipinski definition) is 2. The molecule has 0 heterocycles. The summed E-state index contributed by atoms with van der Waals surface area (Å²) in [7, 11) is 0. The fraction of sp³-hybridized carbons (Fsp3) is 0.429. The van der Waals surface area contributed by atoms with Crippen LogP contribution in [0.25, 0.3) is 0 Å². The monoisotopic (exact) mass is 310 g/mol. The summed E-state index contributed by atoms with van der Waals surface area (Å²) in [6.07, 6.45) is 5.76. The lowest BCUT2D eigenvalue weighted by molar-refractivity contribution is 0.494. The molecule has 0 spiro atoms. The van der Waals surface area contributed by atoms with E-state index in [4.69, 9.17) is 11.5 Å². The molecule has 124 valence electrons. The average molecular weight is 310 g/mol. The van der Waals surface area contributed by atoms with Crippen molar-refractivity contribution in [2.24, 2.45) is 11.5 Å². The van der Waals surface area contributed by atoms with Crippen molar-refractivity contribution in [1.29, 1.82) is 0 Å². The Balaban J connectivity index is 1.92. The van der Waals surface area contributed by atoms with Crippen LogP contribution in [0.15, 0.2) is 60.7 Å². The van der Waals surface area contributed by atoms with E-state index in [9.17, 15) is 0 Å². The molecule has 0 bridgehead atoms. The van der Waals surface area contributed by atoms with Gasteiger partial charge in [0, 0.05) is 0 Å². The topological polar surface area (TPSA) is 52.0 Å². The third-order valence-electron chi connectivity index (χ3n) is 4.68. The molecule has 23 heavy (non-hydrogen) atoms. The first-order valence-corrected chi connectivity index (χ1v) is 8.85. The van der Waals surface area contributed by atoms with Crippen LogP contribution in [0.3, 0.4) is 0 Å². The Hall–Kier alpha value is -1.64. The molecule has 2 rings (SSSR count). The van der Waals surface area contributed by atoms with Gasteiger partial charge in [-0.3, -0.25) is 0 Å². The molecule has 0 saturated heterocycles. The fourth-order valence-electron chi connectivity index (χ4n) is 3.42.